The van der Waals surface area contributed by atoms with Crippen molar-refractivity contribution in [2.24, 2.45) is 28.6 Å². The van der Waals surface area contributed by atoms with Gasteiger partial charge >= 0.3 is 0 Å². The fourth-order valence-corrected chi connectivity index (χ4v) is 9.08. The monoisotopic (exact) mass is 581 g/mol. The van der Waals surface area contributed by atoms with E-state index in [1.165, 1.54) is 25.3 Å². The second kappa shape index (κ2) is 8.87. The number of fused-ring (bicyclic) bond motifs is 7. The third-order valence-corrected chi connectivity index (χ3v) is 11.0. The Balaban J connectivity index is 1.42. The molecule has 0 aromatic carbocycles. The van der Waals surface area contributed by atoms with E-state index >= 15 is 8.78 Å². The maximum Gasteiger partial charge on any atom is 0.264 e. The third kappa shape index (κ3) is 3.65. The first-order chi connectivity index (χ1) is 18.7. The SMILES string of the molecule is CC12C[C@H](O)[C@@]3(F)[C@@H](C[C@H](F)C4=CC(=O)C=C[C@@]43C)[C@@H]1C[C@H]1CN(Cc3ccco3)O[C@]12C(=O)COS(C)(=O)=O. The zero-order valence-electron chi connectivity index (χ0n) is 22.5. The summed E-state index contributed by atoms with van der Waals surface area (Å²) in [5.41, 5.74) is -6.66. The van der Waals surface area contributed by atoms with Gasteiger partial charge in [-0.15, -0.1) is 0 Å². The number of carbonyl (C=O) groups is 2. The Hall–Kier alpha value is -2.25. The molecule has 1 N–H and O–H groups in total. The van der Waals surface area contributed by atoms with Crippen LogP contribution in [0.1, 0.15) is 38.9 Å². The molecule has 40 heavy (non-hydrogen) atoms. The molecule has 2 heterocycles. The molecule has 1 aromatic heterocycles. The number of hydrogen-bond acceptors (Lipinski definition) is 9. The number of aliphatic hydroxyl groups excluding tert-OH is 1. The van der Waals surface area contributed by atoms with Crippen LogP contribution < -0.4 is 0 Å². The molecule has 4 fully saturated rings. The average Bonchev–Trinajstić information content (AvgIpc) is 3.56. The van der Waals surface area contributed by atoms with E-state index in [2.05, 4.69) is 0 Å². The smallest absolute Gasteiger partial charge is 0.264 e. The van der Waals surface area contributed by atoms with Gasteiger partial charge in [0.1, 0.15) is 18.5 Å². The lowest BCUT2D eigenvalue weighted by atomic mass is 9.44. The number of hydroxylamine groups is 2. The van der Waals surface area contributed by atoms with Crippen LogP contribution in [0, 0.1) is 28.6 Å². The molecule has 218 valence electrons. The van der Waals surface area contributed by atoms with E-state index in [0.29, 0.717) is 12.2 Å². The largest absolute Gasteiger partial charge is 0.468 e. The van der Waals surface area contributed by atoms with Gasteiger partial charge in [-0.3, -0.25) is 18.6 Å². The Bertz CT molecular complexity index is 1410. The molecular weight excluding hydrogens is 548 g/mol. The molecular formula is C28H33F2NO8S. The Morgan fingerprint density at radius 3 is 2.70 bits per heavy atom. The molecule has 1 aromatic rings. The topological polar surface area (TPSA) is 123 Å². The van der Waals surface area contributed by atoms with Gasteiger partial charge in [-0.2, -0.15) is 13.5 Å². The maximum atomic E-state index is 17.5. The molecule has 0 spiro atoms. The van der Waals surface area contributed by atoms with Crippen LogP contribution in [0.15, 0.2) is 46.6 Å². The lowest BCUT2D eigenvalue weighted by Crippen LogP contribution is -2.70. The molecule has 1 unspecified atom stereocenters. The molecule has 0 radical (unpaired) electrons. The quantitative estimate of drug-likeness (QED) is 0.505. The van der Waals surface area contributed by atoms with Crippen molar-refractivity contribution in [3.63, 3.8) is 0 Å². The number of rotatable bonds is 6. The van der Waals surface area contributed by atoms with Crippen molar-refractivity contribution in [2.45, 2.75) is 63.2 Å². The predicted molar refractivity (Wildman–Crippen MR) is 136 cm³/mol. The first-order valence-electron chi connectivity index (χ1n) is 13.5. The highest BCUT2D eigenvalue weighted by atomic mass is 32.2. The van der Waals surface area contributed by atoms with Crippen LogP contribution in [0.2, 0.25) is 0 Å². The first-order valence-corrected chi connectivity index (χ1v) is 15.3. The zero-order valence-corrected chi connectivity index (χ0v) is 23.3. The van der Waals surface area contributed by atoms with Crippen LogP contribution in [0.25, 0.3) is 0 Å². The molecule has 9 nitrogen and oxygen atoms in total. The molecule has 4 aliphatic carbocycles. The Labute approximate surface area is 231 Å². The molecule has 5 aliphatic rings. The van der Waals surface area contributed by atoms with Crippen molar-refractivity contribution in [1.82, 2.24) is 5.06 Å². The van der Waals surface area contributed by atoms with Gasteiger partial charge in [0.05, 0.1) is 25.2 Å². The van der Waals surface area contributed by atoms with Crippen LogP contribution in [0.5, 0.6) is 0 Å². The van der Waals surface area contributed by atoms with Crippen molar-refractivity contribution in [3.8, 4) is 0 Å². The van der Waals surface area contributed by atoms with Crippen molar-refractivity contribution < 1.29 is 45.3 Å². The van der Waals surface area contributed by atoms with Crippen LogP contribution in [0.4, 0.5) is 8.78 Å². The van der Waals surface area contributed by atoms with Gasteiger partial charge in [0, 0.05) is 29.2 Å². The molecule has 0 bridgehead atoms. The van der Waals surface area contributed by atoms with Crippen molar-refractivity contribution in [3.05, 3.63) is 48.0 Å². The summed E-state index contributed by atoms with van der Waals surface area (Å²) in [5, 5.41) is 13.2. The van der Waals surface area contributed by atoms with E-state index in [4.69, 9.17) is 13.4 Å². The average molecular weight is 582 g/mol. The molecule has 1 saturated heterocycles. The van der Waals surface area contributed by atoms with Crippen molar-refractivity contribution in [1.29, 1.82) is 0 Å². The number of hydrogen-bond donors (Lipinski definition) is 1. The van der Waals surface area contributed by atoms with Crippen LogP contribution in [0.3, 0.4) is 0 Å². The number of furan rings is 1. The highest BCUT2D eigenvalue weighted by Crippen LogP contribution is 2.72. The highest BCUT2D eigenvalue weighted by molar-refractivity contribution is 7.86. The van der Waals surface area contributed by atoms with Crippen LogP contribution >= 0.6 is 0 Å². The summed E-state index contributed by atoms with van der Waals surface area (Å²) >= 11 is 0. The molecule has 0 amide bonds. The van der Waals surface area contributed by atoms with Gasteiger partial charge in [-0.05, 0) is 62.0 Å². The van der Waals surface area contributed by atoms with E-state index in [-0.39, 0.29) is 31.5 Å². The lowest BCUT2D eigenvalue weighted by Gasteiger charge is -2.63. The van der Waals surface area contributed by atoms with Gasteiger partial charge in [-0.25, -0.2) is 8.78 Å². The standard InChI is InChI=1S/C28H33F2NO8S/c1-25-7-6-17(32)10-21(25)22(29)11-20-19-9-16-13-31(14-18-5-4-8-37-18)39-28(16,24(34)15-38-40(3,35)36)26(19,2)12-23(33)27(20,25)30/h4-8,10,16,19-20,22-23,33H,9,11-15H2,1-3H3/t16-,19-,20-,22-,23-,25-,26?,27-,28-/m0/s1. The fraction of sp³-hybridized carbons (Fsp3) is 0.643. The number of aliphatic hydroxyl groups is 1. The minimum absolute atomic E-state index is 0.0211. The molecule has 3 saturated carbocycles. The number of nitrogens with zero attached hydrogens (tertiary/aromatic N) is 1. The number of ketones is 2. The summed E-state index contributed by atoms with van der Waals surface area (Å²) in [6, 6.07) is 3.47. The number of Topliss-reactive ketones (excluding diaryl/α,β-unsaturated/α-hetero) is 1. The minimum Gasteiger partial charge on any atom is -0.468 e. The predicted octanol–water partition coefficient (Wildman–Crippen LogP) is 2.86. The summed E-state index contributed by atoms with van der Waals surface area (Å²) in [4.78, 5) is 32.5. The fourth-order valence-electron chi connectivity index (χ4n) is 8.76. The van der Waals surface area contributed by atoms with Crippen LogP contribution in [-0.2, 0) is 35.3 Å². The first kappa shape index (κ1) is 27.9. The normalized spacial score (nSPS) is 44.5. The number of carbonyl (C=O) groups excluding carboxylic acids is 2. The summed E-state index contributed by atoms with van der Waals surface area (Å²) < 4.78 is 67.2. The summed E-state index contributed by atoms with van der Waals surface area (Å²) in [6.07, 6.45) is 2.67. The maximum absolute atomic E-state index is 17.5. The van der Waals surface area contributed by atoms with E-state index in [1.54, 1.807) is 24.1 Å². The van der Waals surface area contributed by atoms with E-state index in [9.17, 15) is 23.1 Å². The Morgan fingerprint density at radius 2 is 2.02 bits per heavy atom. The highest BCUT2D eigenvalue weighted by Gasteiger charge is 2.79. The van der Waals surface area contributed by atoms with Crippen LogP contribution in [-0.4, -0.2) is 73.1 Å². The molecule has 1 aliphatic heterocycles. The summed E-state index contributed by atoms with van der Waals surface area (Å²) in [7, 11) is -3.96. The van der Waals surface area contributed by atoms with Gasteiger partial charge in [-0.1, -0.05) is 13.0 Å². The number of halogens is 2. The van der Waals surface area contributed by atoms with E-state index in [1.807, 2.05) is 0 Å². The third-order valence-electron chi connectivity index (χ3n) is 10.4. The summed E-state index contributed by atoms with van der Waals surface area (Å²) in [6.45, 7) is 2.95. The minimum atomic E-state index is -3.96. The molecule has 12 heteroatoms. The van der Waals surface area contributed by atoms with Gasteiger partial charge in [0.15, 0.2) is 22.8 Å². The van der Waals surface area contributed by atoms with Gasteiger partial charge in [0.25, 0.3) is 10.1 Å². The van der Waals surface area contributed by atoms with E-state index in [0.717, 1.165) is 12.3 Å². The zero-order chi connectivity index (χ0) is 28.9. The lowest BCUT2D eigenvalue weighted by molar-refractivity contribution is -0.270. The Morgan fingerprint density at radius 1 is 1.27 bits per heavy atom. The molecule has 9 atom stereocenters. The van der Waals surface area contributed by atoms with Gasteiger partial charge in [0.2, 0.25) is 0 Å². The second-order valence-electron chi connectivity index (χ2n) is 12.4. The summed E-state index contributed by atoms with van der Waals surface area (Å²) in [5.74, 6) is -2.55. The Kier molecular flexibility index (Phi) is 6.19. The number of allylic oxidation sites excluding steroid dienone is 4. The number of alkyl halides is 2. The second-order valence-corrected chi connectivity index (χ2v) is 14.1. The van der Waals surface area contributed by atoms with Crippen molar-refractivity contribution >= 4 is 21.7 Å². The van der Waals surface area contributed by atoms with Crippen molar-refractivity contribution in [2.75, 3.05) is 19.4 Å². The molecule has 6 rings (SSSR count). The van der Waals surface area contributed by atoms with Gasteiger partial charge < -0.3 is 9.52 Å². The van der Waals surface area contributed by atoms with E-state index < -0.39 is 80.4 Å².